The third-order valence-corrected chi connectivity index (χ3v) is 3.03. The SMILES string of the molecule is COCCOCCC(=O)NC(C(=O)O)c1cc(C)cc(C)c1. The fourth-order valence-corrected chi connectivity index (χ4v) is 2.11. The molecule has 0 aliphatic carbocycles. The van der Waals surface area contributed by atoms with Crippen molar-refractivity contribution in [1.29, 1.82) is 0 Å². The molecule has 0 aromatic heterocycles. The van der Waals surface area contributed by atoms with E-state index in [1.54, 1.807) is 19.2 Å². The normalized spacial score (nSPS) is 12.0. The molecule has 1 atom stereocenters. The standard InChI is InChI=1S/C16H23NO5/c1-11-8-12(2)10-13(9-11)15(16(19)20)17-14(18)4-5-22-7-6-21-3/h8-10,15H,4-7H2,1-3H3,(H,17,18)(H,19,20). The summed E-state index contributed by atoms with van der Waals surface area (Å²) in [5.41, 5.74) is 2.48. The van der Waals surface area contributed by atoms with Crippen LogP contribution in [-0.4, -0.2) is 43.9 Å². The van der Waals surface area contributed by atoms with Gasteiger partial charge in [-0.25, -0.2) is 4.79 Å². The summed E-state index contributed by atoms with van der Waals surface area (Å²) >= 11 is 0. The number of carbonyl (C=O) groups excluding carboxylic acids is 1. The lowest BCUT2D eigenvalue weighted by atomic mass is 10.0. The van der Waals surface area contributed by atoms with Crippen LogP contribution in [0.5, 0.6) is 0 Å². The fraction of sp³-hybridized carbons (Fsp3) is 0.500. The Morgan fingerprint density at radius 3 is 2.32 bits per heavy atom. The van der Waals surface area contributed by atoms with Crippen LogP contribution in [0.15, 0.2) is 18.2 Å². The van der Waals surface area contributed by atoms with Crippen molar-refractivity contribution in [2.45, 2.75) is 26.3 Å². The minimum atomic E-state index is -1.08. The molecular weight excluding hydrogens is 286 g/mol. The number of benzene rings is 1. The van der Waals surface area contributed by atoms with E-state index < -0.39 is 12.0 Å². The van der Waals surface area contributed by atoms with Crippen molar-refractivity contribution >= 4 is 11.9 Å². The molecule has 6 heteroatoms. The monoisotopic (exact) mass is 309 g/mol. The van der Waals surface area contributed by atoms with Crippen molar-refractivity contribution in [3.8, 4) is 0 Å². The van der Waals surface area contributed by atoms with E-state index in [9.17, 15) is 14.7 Å². The lowest BCUT2D eigenvalue weighted by molar-refractivity contribution is -0.142. The molecule has 2 N–H and O–H groups in total. The highest BCUT2D eigenvalue weighted by molar-refractivity contribution is 5.84. The average molecular weight is 309 g/mol. The lowest BCUT2D eigenvalue weighted by Crippen LogP contribution is -2.34. The molecule has 0 aliphatic heterocycles. The number of methoxy groups -OCH3 is 1. The summed E-state index contributed by atoms with van der Waals surface area (Å²) in [6, 6.07) is 4.43. The van der Waals surface area contributed by atoms with Gasteiger partial charge in [0.1, 0.15) is 0 Å². The van der Waals surface area contributed by atoms with Crippen molar-refractivity contribution in [1.82, 2.24) is 5.32 Å². The highest BCUT2D eigenvalue weighted by atomic mass is 16.5. The predicted octanol–water partition coefficient (Wildman–Crippen LogP) is 1.60. The number of aliphatic carboxylic acids is 1. The number of carbonyl (C=O) groups is 2. The molecule has 0 spiro atoms. The largest absolute Gasteiger partial charge is 0.479 e. The van der Waals surface area contributed by atoms with E-state index in [0.29, 0.717) is 18.8 Å². The summed E-state index contributed by atoms with van der Waals surface area (Å²) in [7, 11) is 1.57. The minimum absolute atomic E-state index is 0.109. The maximum absolute atomic E-state index is 11.8. The van der Waals surface area contributed by atoms with E-state index >= 15 is 0 Å². The second-order valence-electron chi connectivity index (χ2n) is 5.11. The number of rotatable bonds is 9. The third kappa shape index (κ3) is 6.24. The zero-order valence-electron chi connectivity index (χ0n) is 13.2. The van der Waals surface area contributed by atoms with E-state index in [2.05, 4.69) is 5.32 Å². The summed E-state index contributed by atoms with van der Waals surface area (Å²) < 4.78 is 10.0. The van der Waals surface area contributed by atoms with Crippen molar-refractivity contribution < 1.29 is 24.2 Å². The number of carboxylic acids is 1. The Kier molecular flexibility index (Phi) is 7.56. The molecule has 1 aromatic carbocycles. The van der Waals surface area contributed by atoms with Gasteiger partial charge in [0.2, 0.25) is 5.91 Å². The maximum atomic E-state index is 11.8. The quantitative estimate of drug-likeness (QED) is 0.677. The van der Waals surface area contributed by atoms with Crippen LogP contribution in [0.25, 0.3) is 0 Å². The fourth-order valence-electron chi connectivity index (χ4n) is 2.11. The average Bonchev–Trinajstić information content (AvgIpc) is 2.43. The Balaban J connectivity index is 2.61. The first-order chi connectivity index (χ1) is 10.4. The molecule has 0 fully saturated rings. The van der Waals surface area contributed by atoms with E-state index in [4.69, 9.17) is 9.47 Å². The topological polar surface area (TPSA) is 84.9 Å². The molecule has 0 aliphatic rings. The molecule has 122 valence electrons. The van der Waals surface area contributed by atoms with Crippen LogP contribution in [-0.2, 0) is 19.1 Å². The Labute approximate surface area is 130 Å². The maximum Gasteiger partial charge on any atom is 0.330 e. The van der Waals surface area contributed by atoms with Crippen LogP contribution in [0.1, 0.15) is 29.2 Å². The Hall–Kier alpha value is -1.92. The van der Waals surface area contributed by atoms with Crippen LogP contribution < -0.4 is 5.32 Å². The summed E-state index contributed by atoms with van der Waals surface area (Å²) in [6.45, 7) is 4.88. The van der Waals surface area contributed by atoms with Gasteiger partial charge in [-0.3, -0.25) is 4.79 Å². The molecule has 1 rings (SSSR count). The van der Waals surface area contributed by atoms with Crippen LogP contribution in [0.2, 0.25) is 0 Å². The van der Waals surface area contributed by atoms with Gasteiger partial charge in [0.25, 0.3) is 0 Å². The molecule has 0 radical (unpaired) electrons. The van der Waals surface area contributed by atoms with Gasteiger partial charge in [0, 0.05) is 13.5 Å². The number of carboxylic acid groups (broad SMARTS) is 1. The van der Waals surface area contributed by atoms with Gasteiger partial charge in [0.15, 0.2) is 6.04 Å². The zero-order chi connectivity index (χ0) is 16.5. The Morgan fingerprint density at radius 2 is 1.77 bits per heavy atom. The van der Waals surface area contributed by atoms with Crippen molar-refractivity contribution in [2.24, 2.45) is 0 Å². The molecule has 0 bridgehead atoms. The molecule has 1 unspecified atom stereocenters. The van der Waals surface area contributed by atoms with E-state index in [1.807, 2.05) is 19.9 Å². The van der Waals surface area contributed by atoms with E-state index in [-0.39, 0.29) is 18.9 Å². The van der Waals surface area contributed by atoms with Gasteiger partial charge in [0.05, 0.1) is 19.8 Å². The number of nitrogens with one attached hydrogen (secondary N) is 1. The Morgan fingerprint density at radius 1 is 1.14 bits per heavy atom. The summed E-state index contributed by atoms with van der Waals surface area (Å²) in [6.07, 6.45) is 0.109. The highest BCUT2D eigenvalue weighted by Crippen LogP contribution is 2.17. The highest BCUT2D eigenvalue weighted by Gasteiger charge is 2.22. The Bertz CT molecular complexity index is 495. The molecule has 1 amide bonds. The molecule has 22 heavy (non-hydrogen) atoms. The van der Waals surface area contributed by atoms with E-state index in [1.165, 1.54) is 0 Å². The van der Waals surface area contributed by atoms with Crippen molar-refractivity contribution in [3.05, 3.63) is 34.9 Å². The first kappa shape index (κ1) is 18.1. The van der Waals surface area contributed by atoms with Gasteiger partial charge >= 0.3 is 5.97 Å². The second kappa shape index (κ2) is 9.17. The minimum Gasteiger partial charge on any atom is -0.479 e. The molecule has 0 heterocycles. The van der Waals surface area contributed by atoms with Gasteiger partial charge in [-0.15, -0.1) is 0 Å². The third-order valence-electron chi connectivity index (χ3n) is 3.03. The number of ether oxygens (including phenoxy) is 2. The number of amides is 1. The van der Waals surface area contributed by atoms with Gasteiger partial charge in [-0.1, -0.05) is 29.3 Å². The van der Waals surface area contributed by atoms with Crippen molar-refractivity contribution in [2.75, 3.05) is 26.9 Å². The van der Waals surface area contributed by atoms with Gasteiger partial charge < -0.3 is 19.9 Å². The summed E-state index contributed by atoms with van der Waals surface area (Å²) in [5, 5.41) is 11.9. The van der Waals surface area contributed by atoms with Crippen molar-refractivity contribution in [3.63, 3.8) is 0 Å². The first-order valence-corrected chi connectivity index (χ1v) is 7.11. The van der Waals surface area contributed by atoms with Gasteiger partial charge in [-0.05, 0) is 19.4 Å². The molecule has 6 nitrogen and oxygen atoms in total. The smallest absolute Gasteiger partial charge is 0.330 e. The van der Waals surface area contributed by atoms with Crippen LogP contribution in [0.4, 0.5) is 0 Å². The molecule has 0 saturated heterocycles. The number of hydrogen-bond acceptors (Lipinski definition) is 4. The van der Waals surface area contributed by atoms with Crippen LogP contribution >= 0.6 is 0 Å². The zero-order valence-corrected chi connectivity index (χ0v) is 13.2. The van der Waals surface area contributed by atoms with Crippen LogP contribution in [0.3, 0.4) is 0 Å². The summed E-state index contributed by atoms with van der Waals surface area (Å²) in [5.74, 6) is -1.44. The lowest BCUT2D eigenvalue weighted by Gasteiger charge is -2.16. The number of aryl methyl sites for hydroxylation is 2. The predicted molar refractivity (Wildman–Crippen MR) is 81.7 cm³/mol. The van der Waals surface area contributed by atoms with E-state index in [0.717, 1.165) is 11.1 Å². The van der Waals surface area contributed by atoms with Gasteiger partial charge in [-0.2, -0.15) is 0 Å². The second-order valence-corrected chi connectivity index (χ2v) is 5.11. The molecule has 1 aromatic rings. The first-order valence-electron chi connectivity index (χ1n) is 7.11. The van der Waals surface area contributed by atoms with Crippen LogP contribution in [0, 0.1) is 13.8 Å². The number of hydrogen-bond donors (Lipinski definition) is 2. The molecule has 0 saturated carbocycles. The summed E-state index contributed by atoms with van der Waals surface area (Å²) in [4.78, 5) is 23.3. The molecular formula is C16H23NO5.